The summed E-state index contributed by atoms with van der Waals surface area (Å²) in [5.74, 6) is 3.15. The van der Waals surface area contributed by atoms with Gasteiger partial charge in [-0.3, -0.25) is 0 Å². The molecule has 1 aromatic rings. The van der Waals surface area contributed by atoms with Crippen LogP contribution < -0.4 is 14.8 Å². The Balaban J connectivity index is 1.90. The molecule has 2 rings (SSSR count). The number of rotatable bonds is 8. The zero-order valence-corrected chi connectivity index (χ0v) is 14.0. The summed E-state index contributed by atoms with van der Waals surface area (Å²) in [4.78, 5) is 0. The predicted molar refractivity (Wildman–Crippen MR) is 87.2 cm³/mol. The van der Waals surface area contributed by atoms with Crippen LogP contribution in [0, 0.1) is 17.3 Å². The molecule has 0 radical (unpaired) electrons. The van der Waals surface area contributed by atoms with Gasteiger partial charge in [0.25, 0.3) is 0 Å². The van der Waals surface area contributed by atoms with Gasteiger partial charge in [-0.25, -0.2) is 0 Å². The van der Waals surface area contributed by atoms with E-state index >= 15 is 0 Å². The highest BCUT2D eigenvalue weighted by atomic mass is 16.5. The van der Waals surface area contributed by atoms with E-state index in [-0.39, 0.29) is 0 Å². The van der Waals surface area contributed by atoms with E-state index < -0.39 is 0 Å². The van der Waals surface area contributed by atoms with Crippen molar-refractivity contribution in [2.24, 2.45) is 17.3 Å². The first-order valence-electron chi connectivity index (χ1n) is 7.90. The van der Waals surface area contributed by atoms with Gasteiger partial charge in [0, 0.05) is 0 Å². The second-order valence-electron chi connectivity index (χ2n) is 6.97. The van der Waals surface area contributed by atoms with Crippen LogP contribution in [0.5, 0.6) is 11.5 Å². The summed E-state index contributed by atoms with van der Waals surface area (Å²) >= 11 is 0. The highest BCUT2D eigenvalue weighted by Crippen LogP contribution is 2.54. The molecule has 3 nitrogen and oxygen atoms in total. The van der Waals surface area contributed by atoms with Crippen LogP contribution in [0.3, 0.4) is 0 Å². The Morgan fingerprint density at radius 2 is 1.95 bits per heavy atom. The molecule has 0 spiro atoms. The van der Waals surface area contributed by atoms with Crippen molar-refractivity contribution in [2.45, 2.75) is 33.6 Å². The molecule has 21 heavy (non-hydrogen) atoms. The lowest BCUT2D eigenvalue weighted by atomic mass is 9.95. The minimum Gasteiger partial charge on any atom is -0.493 e. The molecule has 1 fully saturated rings. The van der Waals surface area contributed by atoms with Crippen molar-refractivity contribution in [1.29, 1.82) is 0 Å². The Labute approximate surface area is 129 Å². The minimum atomic E-state index is 0.434. The molecule has 0 saturated heterocycles. The zero-order chi connectivity index (χ0) is 15.5. The molecule has 0 amide bonds. The Morgan fingerprint density at radius 1 is 1.24 bits per heavy atom. The first-order valence-corrected chi connectivity index (χ1v) is 7.90. The van der Waals surface area contributed by atoms with Gasteiger partial charge >= 0.3 is 0 Å². The number of hydrogen-bond acceptors (Lipinski definition) is 3. The number of benzene rings is 1. The average Bonchev–Trinajstić information content (AvgIpc) is 3.08. The van der Waals surface area contributed by atoms with Gasteiger partial charge in [-0.15, -0.1) is 0 Å². The van der Waals surface area contributed by atoms with Gasteiger partial charge in [-0.2, -0.15) is 0 Å². The standard InChI is InChI=1S/C18H29NO2/c1-13(2)11-19-12-15-10-18(15,3)9-14-6-7-16(20-4)17(8-14)21-5/h6-8,13,15,19H,9-12H2,1-5H3. The maximum Gasteiger partial charge on any atom is 0.160 e. The van der Waals surface area contributed by atoms with E-state index in [2.05, 4.69) is 38.2 Å². The molecule has 0 heterocycles. The predicted octanol–water partition coefficient (Wildman–Crippen LogP) is 3.52. The highest BCUT2D eigenvalue weighted by molar-refractivity contribution is 5.43. The van der Waals surface area contributed by atoms with Crippen molar-refractivity contribution in [2.75, 3.05) is 27.3 Å². The Morgan fingerprint density at radius 3 is 2.57 bits per heavy atom. The highest BCUT2D eigenvalue weighted by Gasteiger charge is 2.49. The molecule has 3 heteroatoms. The van der Waals surface area contributed by atoms with Crippen molar-refractivity contribution < 1.29 is 9.47 Å². The summed E-state index contributed by atoms with van der Waals surface area (Å²) < 4.78 is 10.7. The Hall–Kier alpha value is -1.22. The number of methoxy groups -OCH3 is 2. The molecule has 1 N–H and O–H groups in total. The van der Waals surface area contributed by atoms with Crippen LogP contribution in [-0.4, -0.2) is 27.3 Å². The Bertz CT molecular complexity index is 472. The second-order valence-corrected chi connectivity index (χ2v) is 6.97. The topological polar surface area (TPSA) is 30.5 Å². The molecule has 1 saturated carbocycles. The van der Waals surface area contributed by atoms with Gasteiger partial charge in [0.05, 0.1) is 14.2 Å². The van der Waals surface area contributed by atoms with Crippen LogP contribution in [0.15, 0.2) is 18.2 Å². The zero-order valence-electron chi connectivity index (χ0n) is 14.0. The van der Waals surface area contributed by atoms with E-state index in [0.29, 0.717) is 5.41 Å². The van der Waals surface area contributed by atoms with E-state index in [4.69, 9.17) is 9.47 Å². The lowest BCUT2D eigenvalue weighted by Gasteiger charge is -2.15. The van der Waals surface area contributed by atoms with Gasteiger partial charge in [0.2, 0.25) is 0 Å². The summed E-state index contributed by atoms with van der Waals surface area (Å²) in [6.45, 7) is 9.15. The maximum absolute atomic E-state index is 5.39. The monoisotopic (exact) mass is 291 g/mol. The largest absolute Gasteiger partial charge is 0.493 e. The average molecular weight is 291 g/mol. The van der Waals surface area contributed by atoms with Crippen LogP contribution in [0.4, 0.5) is 0 Å². The lowest BCUT2D eigenvalue weighted by Crippen LogP contribution is -2.23. The van der Waals surface area contributed by atoms with Gasteiger partial charge < -0.3 is 14.8 Å². The van der Waals surface area contributed by atoms with Crippen LogP contribution in [0.1, 0.15) is 32.8 Å². The van der Waals surface area contributed by atoms with E-state index in [1.807, 2.05) is 6.07 Å². The van der Waals surface area contributed by atoms with Crippen molar-refractivity contribution in [1.82, 2.24) is 5.32 Å². The molecule has 2 atom stereocenters. The third-order valence-electron chi connectivity index (χ3n) is 4.54. The fourth-order valence-corrected chi connectivity index (χ4v) is 3.04. The van der Waals surface area contributed by atoms with Crippen LogP contribution in [0.25, 0.3) is 0 Å². The number of hydrogen-bond donors (Lipinski definition) is 1. The van der Waals surface area contributed by atoms with Gasteiger partial charge in [0.15, 0.2) is 11.5 Å². The van der Waals surface area contributed by atoms with Crippen molar-refractivity contribution in [3.05, 3.63) is 23.8 Å². The van der Waals surface area contributed by atoms with Gasteiger partial charge in [-0.05, 0) is 60.9 Å². The Kier molecular flexibility index (Phi) is 5.15. The quantitative estimate of drug-likeness (QED) is 0.795. The summed E-state index contributed by atoms with van der Waals surface area (Å²) in [6.07, 6.45) is 2.42. The SMILES string of the molecule is COc1ccc(CC2(C)CC2CNCC(C)C)cc1OC. The van der Waals surface area contributed by atoms with Crippen molar-refractivity contribution >= 4 is 0 Å². The first-order chi connectivity index (χ1) is 9.98. The van der Waals surface area contributed by atoms with E-state index in [0.717, 1.165) is 42.8 Å². The van der Waals surface area contributed by atoms with Crippen LogP contribution in [0.2, 0.25) is 0 Å². The summed E-state index contributed by atoms with van der Waals surface area (Å²) in [7, 11) is 3.37. The molecule has 0 bridgehead atoms. The summed E-state index contributed by atoms with van der Waals surface area (Å²) in [6, 6.07) is 6.27. The smallest absolute Gasteiger partial charge is 0.160 e. The normalized spacial score (nSPS) is 24.2. The lowest BCUT2D eigenvalue weighted by molar-refractivity contribution is 0.354. The molecular weight excluding hydrogens is 262 g/mol. The molecule has 2 unspecified atom stereocenters. The summed E-state index contributed by atoms with van der Waals surface area (Å²) in [5, 5.41) is 3.58. The molecule has 0 aromatic heterocycles. The molecular formula is C18H29NO2. The van der Waals surface area contributed by atoms with E-state index in [9.17, 15) is 0 Å². The molecule has 1 aliphatic carbocycles. The minimum absolute atomic E-state index is 0.434. The molecule has 0 aliphatic heterocycles. The third-order valence-corrected chi connectivity index (χ3v) is 4.54. The molecule has 1 aromatic carbocycles. The summed E-state index contributed by atoms with van der Waals surface area (Å²) in [5.41, 5.74) is 1.77. The number of ether oxygens (including phenoxy) is 2. The molecule has 1 aliphatic rings. The maximum atomic E-state index is 5.39. The first kappa shape index (κ1) is 16.2. The van der Waals surface area contributed by atoms with Crippen LogP contribution >= 0.6 is 0 Å². The fourth-order valence-electron chi connectivity index (χ4n) is 3.04. The van der Waals surface area contributed by atoms with Crippen molar-refractivity contribution in [3.63, 3.8) is 0 Å². The van der Waals surface area contributed by atoms with Gasteiger partial charge in [0.1, 0.15) is 0 Å². The number of nitrogens with one attached hydrogen (secondary N) is 1. The van der Waals surface area contributed by atoms with Gasteiger partial charge in [-0.1, -0.05) is 26.8 Å². The van der Waals surface area contributed by atoms with E-state index in [1.54, 1.807) is 14.2 Å². The van der Waals surface area contributed by atoms with Crippen LogP contribution in [-0.2, 0) is 6.42 Å². The molecule has 118 valence electrons. The second kappa shape index (κ2) is 6.69. The van der Waals surface area contributed by atoms with Crippen molar-refractivity contribution in [3.8, 4) is 11.5 Å². The third kappa shape index (κ3) is 4.13. The fraction of sp³-hybridized carbons (Fsp3) is 0.667. The van der Waals surface area contributed by atoms with E-state index in [1.165, 1.54) is 12.0 Å².